The van der Waals surface area contributed by atoms with Crippen LogP contribution in [-0.4, -0.2) is 108 Å². The van der Waals surface area contributed by atoms with E-state index in [0.717, 1.165) is 25.8 Å². The number of esters is 1. The van der Waals surface area contributed by atoms with Gasteiger partial charge in [0.15, 0.2) is 0 Å². The molecule has 0 bridgehead atoms. The molecule has 5 atom stereocenters. The van der Waals surface area contributed by atoms with E-state index in [-0.39, 0.29) is 47.5 Å². The van der Waals surface area contributed by atoms with Gasteiger partial charge in [0, 0.05) is 25.2 Å². The average Bonchev–Trinajstić information content (AvgIpc) is 3.49. The quantitative estimate of drug-likeness (QED) is 0.226. The van der Waals surface area contributed by atoms with Crippen LogP contribution < -0.4 is 10.6 Å². The lowest BCUT2D eigenvalue weighted by atomic mass is 9.84. The molecule has 1 unspecified atom stereocenters. The Hall–Kier alpha value is -2.95. The maximum atomic E-state index is 14.2. The molecule has 11 nitrogen and oxygen atoms in total. The molecule has 4 amide bonds. The zero-order valence-electron chi connectivity index (χ0n) is 31.1. The van der Waals surface area contributed by atoms with Crippen LogP contribution in [0.4, 0.5) is 0 Å². The first-order valence-electron chi connectivity index (χ1n) is 17.5. The number of piperidine rings is 1. The number of likely N-dealkylation sites (tertiary alicyclic amines) is 2. The Morgan fingerprint density at radius 1 is 0.894 bits per heavy atom. The van der Waals surface area contributed by atoms with E-state index >= 15 is 0 Å². The zero-order chi connectivity index (χ0) is 35.8. The Kier molecular flexibility index (Phi) is 14.9. The van der Waals surface area contributed by atoms with Crippen LogP contribution in [0, 0.1) is 17.3 Å². The molecule has 0 spiro atoms. The molecular formula is C36H63N5O6. The van der Waals surface area contributed by atoms with Crippen LogP contribution >= 0.6 is 0 Å². The molecule has 2 heterocycles. The number of likely N-dealkylation sites (N-methyl/N-ethyl adjacent to an activating group) is 1. The van der Waals surface area contributed by atoms with Gasteiger partial charge in [-0.3, -0.25) is 24.1 Å². The standard InChI is InChI=1S/C36H63N5O6/c1-22(2)20-26(35(46)47-12)37-31(42)28-17-15-19-41(28)33(44)25(7)21-29(23(3)4)39(11)34(45)30(36(8,9)10)38-32(43)27-16-13-14-18-40(27)24(5)6/h21-24,26-30H,13-20H2,1-12H3,(H,37,42)(H,38,43)/b25-21+/t26-,27?,28-,29+,30+/m0/s1. The summed E-state index contributed by atoms with van der Waals surface area (Å²) in [5.41, 5.74) is -0.122. The second-order valence-corrected chi connectivity index (χ2v) is 15.6. The van der Waals surface area contributed by atoms with Gasteiger partial charge in [-0.05, 0) is 76.7 Å². The lowest BCUT2D eigenvalue weighted by Crippen LogP contribution is -2.60. The van der Waals surface area contributed by atoms with Crippen molar-refractivity contribution < 1.29 is 28.7 Å². The fraction of sp³-hybridized carbons (Fsp3) is 0.806. The first kappa shape index (κ1) is 40.2. The number of rotatable bonds is 13. The number of hydrogen-bond donors (Lipinski definition) is 2. The van der Waals surface area contributed by atoms with E-state index in [4.69, 9.17) is 4.74 Å². The van der Waals surface area contributed by atoms with Gasteiger partial charge in [0.2, 0.25) is 23.6 Å². The number of nitrogens with one attached hydrogen (secondary N) is 2. The Bertz CT molecular complexity index is 1140. The van der Waals surface area contributed by atoms with Gasteiger partial charge in [-0.2, -0.15) is 0 Å². The van der Waals surface area contributed by atoms with Gasteiger partial charge in [0.1, 0.15) is 18.1 Å². The average molecular weight is 662 g/mol. The molecule has 0 aromatic rings. The Morgan fingerprint density at radius 3 is 2.02 bits per heavy atom. The first-order chi connectivity index (χ1) is 21.8. The summed E-state index contributed by atoms with van der Waals surface area (Å²) in [6.07, 6.45) is 6.19. The van der Waals surface area contributed by atoms with Crippen LogP contribution in [0.5, 0.6) is 0 Å². The molecule has 2 fully saturated rings. The number of methoxy groups -OCH3 is 1. The van der Waals surface area contributed by atoms with E-state index in [1.165, 1.54) is 7.11 Å². The van der Waals surface area contributed by atoms with Crippen molar-refractivity contribution in [2.75, 3.05) is 27.2 Å². The second kappa shape index (κ2) is 17.4. The molecule has 268 valence electrons. The number of carbonyl (C=O) groups is 5. The number of hydrogen-bond acceptors (Lipinski definition) is 7. The molecule has 0 aliphatic carbocycles. The first-order valence-corrected chi connectivity index (χ1v) is 17.5. The molecule has 2 aliphatic rings. The van der Waals surface area contributed by atoms with Gasteiger partial charge in [0.05, 0.1) is 19.2 Å². The molecule has 0 aromatic heterocycles. The number of carbonyl (C=O) groups excluding carboxylic acids is 5. The predicted octanol–water partition coefficient (Wildman–Crippen LogP) is 3.90. The molecule has 47 heavy (non-hydrogen) atoms. The lowest BCUT2D eigenvalue weighted by Gasteiger charge is -2.41. The highest BCUT2D eigenvalue weighted by molar-refractivity contribution is 5.98. The molecule has 11 heteroatoms. The summed E-state index contributed by atoms with van der Waals surface area (Å²) in [7, 11) is 3.02. The maximum Gasteiger partial charge on any atom is 0.328 e. The second-order valence-electron chi connectivity index (χ2n) is 15.6. The fourth-order valence-electron chi connectivity index (χ4n) is 6.77. The third kappa shape index (κ3) is 10.8. The van der Waals surface area contributed by atoms with Crippen LogP contribution in [0.3, 0.4) is 0 Å². The maximum absolute atomic E-state index is 14.2. The third-order valence-electron chi connectivity index (χ3n) is 9.47. The summed E-state index contributed by atoms with van der Waals surface area (Å²) in [6.45, 7) is 20.9. The van der Waals surface area contributed by atoms with Crippen molar-refractivity contribution in [3.8, 4) is 0 Å². The molecule has 2 N–H and O–H groups in total. The van der Waals surface area contributed by atoms with Crippen LogP contribution in [0.1, 0.15) is 108 Å². The van der Waals surface area contributed by atoms with Crippen molar-refractivity contribution in [1.29, 1.82) is 0 Å². The third-order valence-corrected chi connectivity index (χ3v) is 9.47. The van der Waals surface area contributed by atoms with Crippen LogP contribution in [-0.2, 0) is 28.7 Å². The predicted molar refractivity (Wildman–Crippen MR) is 184 cm³/mol. The van der Waals surface area contributed by atoms with E-state index in [1.807, 2.05) is 48.5 Å². The highest BCUT2D eigenvalue weighted by Crippen LogP contribution is 2.27. The van der Waals surface area contributed by atoms with Gasteiger partial charge >= 0.3 is 5.97 Å². The summed E-state index contributed by atoms with van der Waals surface area (Å²) >= 11 is 0. The van der Waals surface area contributed by atoms with Gasteiger partial charge in [-0.25, -0.2) is 4.79 Å². The monoisotopic (exact) mass is 661 g/mol. The molecule has 0 aromatic carbocycles. The van der Waals surface area contributed by atoms with Gasteiger partial charge in [-0.1, -0.05) is 61.0 Å². The van der Waals surface area contributed by atoms with E-state index in [1.54, 1.807) is 29.8 Å². The van der Waals surface area contributed by atoms with Crippen molar-refractivity contribution in [3.05, 3.63) is 11.6 Å². The van der Waals surface area contributed by atoms with E-state index in [2.05, 4.69) is 29.4 Å². The van der Waals surface area contributed by atoms with Gasteiger partial charge < -0.3 is 25.2 Å². The molecule has 0 radical (unpaired) electrons. The fourth-order valence-corrected chi connectivity index (χ4v) is 6.77. The Morgan fingerprint density at radius 2 is 1.49 bits per heavy atom. The van der Waals surface area contributed by atoms with E-state index in [0.29, 0.717) is 31.4 Å². The summed E-state index contributed by atoms with van der Waals surface area (Å²) < 4.78 is 4.90. The van der Waals surface area contributed by atoms with Crippen molar-refractivity contribution in [3.63, 3.8) is 0 Å². The molecule has 2 aliphatic heterocycles. The normalized spacial score (nSPS) is 21.4. The van der Waals surface area contributed by atoms with Crippen LogP contribution in [0.25, 0.3) is 0 Å². The highest BCUT2D eigenvalue weighted by Gasteiger charge is 2.41. The summed E-state index contributed by atoms with van der Waals surface area (Å²) in [5.74, 6) is -1.37. The summed E-state index contributed by atoms with van der Waals surface area (Å²) in [6, 6.07) is -2.72. The van der Waals surface area contributed by atoms with Crippen LogP contribution in [0.2, 0.25) is 0 Å². The van der Waals surface area contributed by atoms with Crippen LogP contribution in [0.15, 0.2) is 11.6 Å². The topological polar surface area (TPSA) is 128 Å². The van der Waals surface area contributed by atoms with Crippen molar-refractivity contribution >= 4 is 29.6 Å². The van der Waals surface area contributed by atoms with E-state index in [9.17, 15) is 24.0 Å². The SMILES string of the molecule is COC(=O)[C@H](CC(C)C)NC(=O)[C@@H]1CCCN1C(=O)/C(C)=C/[C@H](C(C)C)N(C)C(=O)[C@@H](NC(=O)C1CCCCN1C(C)C)C(C)(C)C. The minimum atomic E-state index is -0.783. The number of ether oxygens (including phenoxy) is 1. The lowest BCUT2D eigenvalue weighted by molar-refractivity contribution is -0.146. The molecular weight excluding hydrogens is 598 g/mol. The molecule has 2 rings (SSSR count). The largest absolute Gasteiger partial charge is 0.467 e. The summed E-state index contributed by atoms with van der Waals surface area (Å²) in [5, 5.41) is 5.93. The Balaban J connectivity index is 2.27. The van der Waals surface area contributed by atoms with Crippen molar-refractivity contribution in [2.45, 2.75) is 144 Å². The minimum absolute atomic E-state index is 0.0349. The summed E-state index contributed by atoms with van der Waals surface area (Å²) in [4.78, 5) is 72.7. The molecule has 0 saturated carbocycles. The van der Waals surface area contributed by atoms with Gasteiger partial charge in [-0.15, -0.1) is 0 Å². The molecule has 2 saturated heterocycles. The number of nitrogens with zero attached hydrogens (tertiary/aromatic N) is 3. The van der Waals surface area contributed by atoms with Gasteiger partial charge in [0.25, 0.3) is 0 Å². The van der Waals surface area contributed by atoms with Crippen molar-refractivity contribution in [2.24, 2.45) is 17.3 Å². The van der Waals surface area contributed by atoms with E-state index < -0.39 is 35.6 Å². The zero-order valence-corrected chi connectivity index (χ0v) is 31.1. The van der Waals surface area contributed by atoms with Crippen molar-refractivity contribution in [1.82, 2.24) is 25.3 Å². The minimum Gasteiger partial charge on any atom is -0.467 e. The highest BCUT2D eigenvalue weighted by atomic mass is 16.5. The smallest absolute Gasteiger partial charge is 0.328 e. The number of amides is 4. The Labute approximate surface area is 283 Å².